The lowest BCUT2D eigenvalue weighted by atomic mass is 10.1. The molecule has 0 amide bonds. The SMILES string of the molecule is CCCCc1ccc(S(=O)(=O)NCCCn2nc(C(F)(F)F)cc2C2CC2)cc1. The van der Waals surface area contributed by atoms with Crippen LogP contribution in [0.3, 0.4) is 0 Å². The van der Waals surface area contributed by atoms with Crippen LogP contribution >= 0.6 is 0 Å². The number of nitrogens with one attached hydrogen (secondary N) is 1. The molecule has 1 aromatic heterocycles. The van der Waals surface area contributed by atoms with Gasteiger partial charge in [-0.3, -0.25) is 4.68 Å². The number of benzene rings is 1. The lowest BCUT2D eigenvalue weighted by Crippen LogP contribution is -2.26. The Hall–Kier alpha value is -1.87. The first-order valence-corrected chi connectivity index (χ1v) is 11.4. The number of alkyl halides is 3. The second kappa shape index (κ2) is 8.87. The van der Waals surface area contributed by atoms with Crippen molar-refractivity contribution >= 4 is 10.0 Å². The van der Waals surface area contributed by atoms with Gasteiger partial charge in [0.2, 0.25) is 10.0 Å². The average molecular weight is 430 g/mol. The third-order valence-electron chi connectivity index (χ3n) is 4.99. The molecule has 29 heavy (non-hydrogen) atoms. The number of aromatic nitrogens is 2. The summed E-state index contributed by atoms with van der Waals surface area (Å²) in [6, 6.07) is 7.91. The highest BCUT2D eigenvalue weighted by molar-refractivity contribution is 7.89. The Morgan fingerprint density at radius 2 is 1.86 bits per heavy atom. The maximum absolute atomic E-state index is 12.9. The van der Waals surface area contributed by atoms with Gasteiger partial charge in [0.25, 0.3) is 0 Å². The molecule has 1 saturated carbocycles. The van der Waals surface area contributed by atoms with Crippen LogP contribution in [0.25, 0.3) is 0 Å². The zero-order valence-corrected chi connectivity index (χ0v) is 17.2. The second-order valence-corrected chi connectivity index (χ2v) is 9.22. The largest absolute Gasteiger partial charge is 0.435 e. The molecular weight excluding hydrogens is 403 g/mol. The van der Waals surface area contributed by atoms with Crippen molar-refractivity contribution in [2.45, 2.75) is 69.0 Å². The predicted molar refractivity (Wildman–Crippen MR) is 104 cm³/mol. The predicted octanol–water partition coefficient (Wildman–Crippen LogP) is 4.49. The van der Waals surface area contributed by atoms with Gasteiger partial charge in [0.1, 0.15) is 0 Å². The van der Waals surface area contributed by atoms with Crippen molar-refractivity contribution in [3.63, 3.8) is 0 Å². The van der Waals surface area contributed by atoms with E-state index < -0.39 is 21.9 Å². The average Bonchev–Trinajstić information content (AvgIpc) is 3.42. The van der Waals surface area contributed by atoms with Crippen LogP contribution in [0.5, 0.6) is 0 Å². The van der Waals surface area contributed by atoms with Crippen LogP contribution in [0.4, 0.5) is 13.2 Å². The van der Waals surface area contributed by atoms with E-state index in [1.165, 1.54) is 4.68 Å². The quantitative estimate of drug-likeness (QED) is 0.566. The number of rotatable bonds is 10. The molecule has 5 nitrogen and oxygen atoms in total. The Labute approximate surface area is 169 Å². The molecule has 1 fully saturated rings. The smallest absolute Gasteiger partial charge is 0.269 e. The van der Waals surface area contributed by atoms with Gasteiger partial charge in [-0.15, -0.1) is 0 Å². The number of aryl methyl sites for hydroxylation is 2. The second-order valence-electron chi connectivity index (χ2n) is 7.45. The molecule has 0 aliphatic heterocycles. The summed E-state index contributed by atoms with van der Waals surface area (Å²) in [4.78, 5) is 0.190. The van der Waals surface area contributed by atoms with Gasteiger partial charge in [-0.1, -0.05) is 25.5 Å². The number of nitrogens with zero attached hydrogens (tertiary/aromatic N) is 2. The Bertz CT molecular complexity index is 917. The minimum absolute atomic E-state index is 0.126. The number of hydrogen-bond donors (Lipinski definition) is 1. The van der Waals surface area contributed by atoms with Gasteiger partial charge in [0, 0.05) is 24.7 Å². The molecule has 2 aromatic rings. The fourth-order valence-electron chi connectivity index (χ4n) is 3.19. The molecular formula is C20H26F3N3O2S. The first kappa shape index (κ1) is 21.8. The molecule has 1 heterocycles. The van der Waals surface area contributed by atoms with Crippen molar-refractivity contribution in [1.82, 2.24) is 14.5 Å². The Kier molecular flexibility index (Phi) is 6.68. The summed E-state index contributed by atoms with van der Waals surface area (Å²) in [5.41, 5.74) is 0.795. The molecule has 0 spiro atoms. The Morgan fingerprint density at radius 1 is 1.17 bits per heavy atom. The van der Waals surface area contributed by atoms with Gasteiger partial charge in [-0.2, -0.15) is 18.3 Å². The van der Waals surface area contributed by atoms with E-state index in [4.69, 9.17) is 0 Å². The molecule has 1 N–H and O–H groups in total. The van der Waals surface area contributed by atoms with Crippen LogP contribution < -0.4 is 4.72 Å². The Balaban J connectivity index is 1.55. The fraction of sp³-hybridized carbons (Fsp3) is 0.550. The maximum atomic E-state index is 12.9. The molecule has 0 atom stereocenters. The molecule has 1 aliphatic carbocycles. The van der Waals surface area contributed by atoms with E-state index in [1.807, 2.05) is 12.1 Å². The lowest BCUT2D eigenvalue weighted by Gasteiger charge is -2.09. The van der Waals surface area contributed by atoms with Crippen LogP contribution in [-0.2, 0) is 29.2 Å². The Morgan fingerprint density at radius 3 is 2.45 bits per heavy atom. The molecule has 0 radical (unpaired) electrons. The normalized spacial score (nSPS) is 15.0. The van der Waals surface area contributed by atoms with Gasteiger partial charge in [-0.05, 0) is 55.9 Å². The minimum atomic E-state index is -4.47. The molecule has 0 bridgehead atoms. The zero-order chi connectivity index (χ0) is 21.1. The third kappa shape index (κ3) is 5.82. The molecule has 160 valence electrons. The van der Waals surface area contributed by atoms with Gasteiger partial charge in [-0.25, -0.2) is 13.1 Å². The molecule has 0 saturated heterocycles. The summed E-state index contributed by atoms with van der Waals surface area (Å²) in [5.74, 6) is 0.126. The fourth-order valence-corrected chi connectivity index (χ4v) is 4.27. The van der Waals surface area contributed by atoms with E-state index in [0.717, 1.165) is 43.7 Å². The molecule has 9 heteroatoms. The number of unbranched alkanes of at least 4 members (excludes halogenated alkanes) is 1. The van der Waals surface area contributed by atoms with E-state index in [-0.39, 0.29) is 23.9 Å². The van der Waals surface area contributed by atoms with Crippen molar-refractivity contribution in [2.75, 3.05) is 6.54 Å². The molecule has 3 rings (SSSR count). The van der Waals surface area contributed by atoms with Crippen LogP contribution in [-0.4, -0.2) is 24.7 Å². The standard InChI is InChI=1S/C20H26F3N3O2S/c1-2-3-5-15-6-10-17(11-7-15)29(27,28)24-12-4-13-26-18(16-8-9-16)14-19(25-26)20(21,22)23/h6-7,10-11,14,16,24H,2-5,8-9,12-13H2,1H3. The monoisotopic (exact) mass is 429 g/mol. The van der Waals surface area contributed by atoms with Gasteiger partial charge >= 0.3 is 6.18 Å². The van der Waals surface area contributed by atoms with Crippen LogP contribution in [0, 0.1) is 0 Å². The summed E-state index contributed by atoms with van der Waals surface area (Å²) in [6.07, 6.45) is 0.652. The van der Waals surface area contributed by atoms with Crippen LogP contribution in [0.2, 0.25) is 0 Å². The highest BCUT2D eigenvalue weighted by Gasteiger charge is 2.37. The zero-order valence-electron chi connectivity index (χ0n) is 16.4. The van der Waals surface area contributed by atoms with Crippen molar-refractivity contribution < 1.29 is 21.6 Å². The molecule has 0 unspecified atom stereocenters. The van der Waals surface area contributed by atoms with Crippen molar-refractivity contribution in [1.29, 1.82) is 0 Å². The minimum Gasteiger partial charge on any atom is -0.269 e. The van der Waals surface area contributed by atoms with Gasteiger partial charge in [0.05, 0.1) is 4.90 Å². The van der Waals surface area contributed by atoms with Gasteiger partial charge < -0.3 is 0 Å². The van der Waals surface area contributed by atoms with E-state index in [1.54, 1.807) is 12.1 Å². The summed E-state index contributed by atoms with van der Waals surface area (Å²) in [5, 5.41) is 3.68. The van der Waals surface area contributed by atoms with Crippen molar-refractivity contribution in [2.24, 2.45) is 0 Å². The van der Waals surface area contributed by atoms with Crippen molar-refractivity contribution in [3.8, 4) is 0 Å². The summed E-state index contributed by atoms with van der Waals surface area (Å²) >= 11 is 0. The highest BCUT2D eigenvalue weighted by atomic mass is 32.2. The van der Waals surface area contributed by atoms with E-state index in [9.17, 15) is 21.6 Å². The highest BCUT2D eigenvalue weighted by Crippen LogP contribution is 2.42. The van der Waals surface area contributed by atoms with E-state index in [2.05, 4.69) is 16.7 Å². The maximum Gasteiger partial charge on any atom is 0.435 e. The summed E-state index contributed by atoms with van der Waals surface area (Å²) in [6.45, 7) is 2.47. The summed E-state index contributed by atoms with van der Waals surface area (Å²) in [7, 11) is -3.64. The third-order valence-corrected chi connectivity index (χ3v) is 6.47. The van der Waals surface area contributed by atoms with E-state index in [0.29, 0.717) is 12.1 Å². The lowest BCUT2D eigenvalue weighted by molar-refractivity contribution is -0.141. The topological polar surface area (TPSA) is 64.0 Å². The first-order chi connectivity index (χ1) is 13.7. The van der Waals surface area contributed by atoms with Crippen molar-refractivity contribution in [3.05, 3.63) is 47.3 Å². The van der Waals surface area contributed by atoms with Crippen LogP contribution in [0.1, 0.15) is 61.9 Å². The number of sulfonamides is 1. The van der Waals surface area contributed by atoms with E-state index >= 15 is 0 Å². The first-order valence-electron chi connectivity index (χ1n) is 9.94. The number of halogens is 3. The summed E-state index contributed by atoms with van der Waals surface area (Å²) < 4.78 is 67.5. The molecule has 1 aliphatic rings. The van der Waals surface area contributed by atoms with Crippen LogP contribution in [0.15, 0.2) is 35.2 Å². The van der Waals surface area contributed by atoms with Gasteiger partial charge in [0.15, 0.2) is 5.69 Å². The number of hydrogen-bond acceptors (Lipinski definition) is 3. The molecule has 1 aromatic carbocycles.